The van der Waals surface area contributed by atoms with E-state index < -0.39 is 5.97 Å². The van der Waals surface area contributed by atoms with Crippen molar-refractivity contribution in [3.63, 3.8) is 0 Å². The fraction of sp³-hybridized carbons (Fsp3) is 0.100. The lowest BCUT2D eigenvalue weighted by Gasteiger charge is -1.92. The van der Waals surface area contributed by atoms with Crippen LogP contribution in [0.3, 0.4) is 0 Å². The van der Waals surface area contributed by atoms with Gasteiger partial charge >= 0.3 is 5.97 Å². The lowest BCUT2D eigenvalue weighted by Crippen LogP contribution is -1.94. The molecule has 1 heterocycles. The van der Waals surface area contributed by atoms with Gasteiger partial charge in [-0.15, -0.1) is 12.4 Å². The first kappa shape index (κ1) is 10.6. The van der Waals surface area contributed by atoms with Crippen molar-refractivity contribution in [2.75, 3.05) is 0 Å². The molecule has 0 bridgehead atoms. The maximum Gasteiger partial charge on any atom is 0.352 e. The number of carboxylic acid groups (broad SMARTS) is 1. The molecule has 0 fully saturated rings. The molecule has 0 aliphatic rings. The number of aryl methyl sites for hydroxylation is 1. The van der Waals surface area contributed by atoms with Crippen molar-refractivity contribution < 1.29 is 9.90 Å². The normalized spacial score (nSPS) is 9.79. The number of carbonyl (C=O) groups is 1. The highest BCUT2D eigenvalue weighted by Gasteiger charge is 2.07. The number of hydrogen-bond acceptors (Lipinski definition) is 1. The molecule has 0 atom stereocenters. The highest BCUT2D eigenvalue weighted by Crippen LogP contribution is 2.18. The van der Waals surface area contributed by atoms with Gasteiger partial charge < -0.3 is 10.1 Å². The van der Waals surface area contributed by atoms with Gasteiger partial charge in [-0.2, -0.15) is 0 Å². The summed E-state index contributed by atoms with van der Waals surface area (Å²) >= 11 is 0. The minimum absolute atomic E-state index is 0. The van der Waals surface area contributed by atoms with Gasteiger partial charge in [-0.3, -0.25) is 0 Å². The molecule has 2 rings (SSSR count). The first-order valence-electron chi connectivity index (χ1n) is 4.00. The van der Waals surface area contributed by atoms with Gasteiger partial charge in [0.15, 0.2) is 0 Å². The topological polar surface area (TPSA) is 53.1 Å². The number of nitrogens with one attached hydrogen (secondary N) is 1. The number of aromatic amines is 1. The van der Waals surface area contributed by atoms with E-state index in [0.717, 1.165) is 16.5 Å². The Balaban J connectivity index is 0.000000980. The van der Waals surface area contributed by atoms with Gasteiger partial charge in [0.2, 0.25) is 0 Å². The highest BCUT2D eigenvalue weighted by molar-refractivity contribution is 5.94. The number of rotatable bonds is 1. The SMILES string of the molecule is Cc1cccc2[nH]c(C(=O)O)cc12.Cl. The van der Waals surface area contributed by atoms with E-state index in [1.54, 1.807) is 6.07 Å². The van der Waals surface area contributed by atoms with Crippen LogP contribution in [0, 0.1) is 6.92 Å². The molecule has 1 aromatic carbocycles. The number of hydrogen-bond donors (Lipinski definition) is 2. The standard InChI is InChI=1S/C10H9NO2.ClH/c1-6-3-2-4-8-7(6)5-9(11-8)10(12)13;/h2-5,11H,1H3,(H,12,13);1H. The summed E-state index contributed by atoms with van der Waals surface area (Å²) in [5.41, 5.74) is 2.20. The zero-order valence-corrected chi connectivity index (χ0v) is 8.39. The molecule has 0 saturated heterocycles. The summed E-state index contributed by atoms with van der Waals surface area (Å²) in [6.45, 7) is 1.96. The molecule has 0 aliphatic carbocycles. The van der Waals surface area contributed by atoms with Gasteiger partial charge in [0.05, 0.1) is 0 Å². The van der Waals surface area contributed by atoms with Crippen molar-refractivity contribution in [2.24, 2.45) is 0 Å². The quantitative estimate of drug-likeness (QED) is 0.762. The fourth-order valence-electron chi connectivity index (χ4n) is 1.42. The third-order valence-electron chi connectivity index (χ3n) is 2.11. The molecule has 2 aromatic rings. The molecule has 0 aliphatic heterocycles. The van der Waals surface area contributed by atoms with Crippen LogP contribution in [-0.4, -0.2) is 16.1 Å². The Hall–Kier alpha value is -1.48. The fourth-order valence-corrected chi connectivity index (χ4v) is 1.42. The van der Waals surface area contributed by atoms with Crippen molar-refractivity contribution in [1.82, 2.24) is 4.98 Å². The molecule has 0 amide bonds. The third-order valence-corrected chi connectivity index (χ3v) is 2.11. The van der Waals surface area contributed by atoms with Crippen LogP contribution in [0.5, 0.6) is 0 Å². The van der Waals surface area contributed by atoms with Crippen LogP contribution in [0.25, 0.3) is 10.9 Å². The van der Waals surface area contributed by atoms with Gasteiger partial charge in [-0.05, 0) is 24.6 Å². The zero-order valence-electron chi connectivity index (χ0n) is 7.57. The van der Waals surface area contributed by atoms with Crippen LogP contribution >= 0.6 is 12.4 Å². The van der Waals surface area contributed by atoms with Gasteiger partial charge in [0.1, 0.15) is 5.69 Å². The Labute approximate surface area is 87.2 Å². The summed E-state index contributed by atoms with van der Waals surface area (Å²) in [7, 11) is 0. The minimum Gasteiger partial charge on any atom is -0.477 e. The van der Waals surface area contributed by atoms with E-state index in [1.165, 1.54) is 0 Å². The molecule has 1 aromatic heterocycles. The monoisotopic (exact) mass is 211 g/mol. The Kier molecular flexibility index (Phi) is 2.81. The van der Waals surface area contributed by atoms with Crippen molar-refractivity contribution in [3.8, 4) is 0 Å². The van der Waals surface area contributed by atoms with Gasteiger partial charge in [-0.1, -0.05) is 12.1 Å². The molecule has 0 saturated carbocycles. The van der Waals surface area contributed by atoms with Crippen LogP contribution in [0.1, 0.15) is 16.1 Å². The Bertz CT molecular complexity index is 476. The van der Waals surface area contributed by atoms with E-state index in [1.807, 2.05) is 25.1 Å². The average Bonchev–Trinajstić information content (AvgIpc) is 2.49. The second kappa shape index (κ2) is 3.72. The van der Waals surface area contributed by atoms with Crippen LogP contribution in [0.4, 0.5) is 0 Å². The van der Waals surface area contributed by atoms with Crippen LogP contribution < -0.4 is 0 Å². The molecular formula is C10H10ClNO2. The number of carboxylic acids is 1. The number of H-pyrrole nitrogens is 1. The number of benzene rings is 1. The van der Waals surface area contributed by atoms with E-state index in [0.29, 0.717) is 0 Å². The Morgan fingerprint density at radius 2 is 2.14 bits per heavy atom. The number of halogens is 1. The summed E-state index contributed by atoms with van der Waals surface area (Å²) in [5, 5.41) is 9.72. The molecule has 0 unspecified atom stereocenters. The summed E-state index contributed by atoms with van der Waals surface area (Å²) in [5.74, 6) is -0.921. The zero-order chi connectivity index (χ0) is 9.42. The van der Waals surface area contributed by atoms with E-state index in [4.69, 9.17) is 5.11 Å². The van der Waals surface area contributed by atoms with Crippen molar-refractivity contribution >= 4 is 29.3 Å². The second-order valence-electron chi connectivity index (χ2n) is 3.02. The summed E-state index contributed by atoms with van der Waals surface area (Å²) < 4.78 is 0. The first-order chi connectivity index (χ1) is 6.18. The third kappa shape index (κ3) is 1.59. The lowest BCUT2D eigenvalue weighted by atomic mass is 10.1. The molecule has 74 valence electrons. The molecule has 0 spiro atoms. The van der Waals surface area contributed by atoms with Crippen molar-refractivity contribution in [2.45, 2.75) is 6.92 Å². The van der Waals surface area contributed by atoms with Gasteiger partial charge in [0, 0.05) is 10.9 Å². The summed E-state index contributed by atoms with van der Waals surface area (Å²) in [6.07, 6.45) is 0. The summed E-state index contributed by atoms with van der Waals surface area (Å²) in [6, 6.07) is 7.39. The maximum atomic E-state index is 10.7. The van der Waals surface area contributed by atoms with Gasteiger partial charge in [-0.25, -0.2) is 4.79 Å². The predicted octanol–water partition coefficient (Wildman–Crippen LogP) is 2.60. The van der Waals surface area contributed by atoms with E-state index in [9.17, 15) is 4.79 Å². The highest BCUT2D eigenvalue weighted by atomic mass is 35.5. The largest absolute Gasteiger partial charge is 0.477 e. The Morgan fingerprint density at radius 1 is 1.43 bits per heavy atom. The molecule has 4 heteroatoms. The number of aromatic nitrogens is 1. The van der Waals surface area contributed by atoms with E-state index in [-0.39, 0.29) is 18.1 Å². The second-order valence-corrected chi connectivity index (χ2v) is 3.02. The maximum absolute atomic E-state index is 10.7. The molecule has 0 radical (unpaired) electrons. The minimum atomic E-state index is -0.921. The molecular weight excluding hydrogens is 202 g/mol. The molecule has 2 N–H and O–H groups in total. The summed E-state index contributed by atoms with van der Waals surface area (Å²) in [4.78, 5) is 13.5. The smallest absolute Gasteiger partial charge is 0.352 e. The van der Waals surface area contributed by atoms with Crippen molar-refractivity contribution in [1.29, 1.82) is 0 Å². The van der Waals surface area contributed by atoms with E-state index in [2.05, 4.69) is 4.98 Å². The average molecular weight is 212 g/mol. The van der Waals surface area contributed by atoms with Crippen LogP contribution in [-0.2, 0) is 0 Å². The van der Waals surface area contributed by atoms with E-state index >= 15 is 0 Å². The number of aromatic carboxylic acids is 1. The van der Waals surface area contributed by atoms with Crippen molar-refractivity contribution in [3.05, 3.63) is 35.5 Å². The number of fused-ring (bicyclic) bond motifs is 1. The van der Waals surface area contributed by atoms with Crippen LogP contribution in [0.2, 0.25) is 0 Å². The Morgan fingerprint density at radius 3 is 2.71 bits per heavy atom. The van der Waals surface area contributed by atoms with Gasteiger partial charge in [0.25, 0.3) is 0 Å². The predicted molar refractivity (Wildman–Crippen MR) is 57.2 cm³/mol. The lowest BCUT2D eigenvalue weighted by molar-refractivity contribution is 0.0691. The molecule has 14 heavy (non-hydrogen) atoms. The van der Waals surface area contributed by atoms with Crippen LogP contribution in [0.15, 0.2) is 24.3 Å². The molecule has 3 nitrogen and oxygen atoms in total. The first-order valence-corrected chi connectivity index (χ1v) is 4.00.